The van der Waals surface area contributed by atoms with Crippen LogP contribution in [-0.2, 0) is 6.54 Å². The molecule has 0 aromatic carbocycles. The second kappa shape index (κ2) is 6.29. The molecule has 1 aliphatic carbocycles. The molecule has 1 aromatic heterocycles. The first-order valence-corrected chi connectivity index (χ1v) is 6.92. The summed E-state index contributed by atoms with van der Waals surface area (Å²) in [7, 11) is 0. The van der Waals surface area contributed by atoms with Gasteiger partial charge in [-0.25, -0.2) is 9.67 Å². The van der Waals surface area contributed by atoms with Crippen molar-refractivity contribution >= 4 is 0 Å². The summed E-state index contributed by atoms with van der Waals surface area (Å²) in [5.41, 5.74) is 0. The van der Waals surface area contributed by atoms with Crippen molar-refractivity contribution in [2.75, 3.05) is 13.2 Å². The van der Waals surface area contributed by atoms with E-state index in [2.05, 4.69) is 29.2 Å². The van der Waals surface area contributed by atoms with Crippen LogP contribution in [0.4, 0.5) is 0 Å². The van der Waals surface area contributed by atoms with Crippen molar-refractivity contribution in [3.8, 4) is 0 Å². The minimum atomic E-state index is 0.328. The molecule has 5 heteroatoms. The van der Waals surface area contributed by atoms with Crippen molar-refractivity contribution < 1.29 is 5.11 Å². The van der Waals surface area contributed by atoms with E-state index in [0.717, 1.165) is 18.9 Å². The van der Waals surface area contributed by atoms with Gasteiger partial charge in [0.2, 0.25) is 0 Å². The Bertz CT molecular complexity index is 364. The molecule has 2 atom stereocenters. The van der Waals surface area contributed by atoms with Gasteiger partial charge in [-0.1, -0.05) is 6.42 Å². The molecule has 2 unspecified atom stereocenters. The molecular weight excluding hydrogens is 228 g/mol. The Labute approximate surface area is 109 Å². The van der Waals surface area contributed by atoms with E-state index in [-0.39, 0.29) is 0 Å². The van der Waals surface area contributed by atoms with Crippen molar-refractivity contribution in [2.24, 2.45) is 11.8 Å². The summed E-state index contributed by atoms with van der Waals surface area (Å²) in [5.74, 6) is 2.09. The van der Waals surface area contributed by atoms with Crippen LogP contribution in [0, 0.1) is 11.8 Å². The minimum absolute atomic E-state index is 0.328. The highest BCUT2D eigenvalue weighted by molar-refractivity contribution is 4.87. The predicted octanol–water partition coefficient (Wildman–Crippen LogP) is 1.36. The van der Waals surface area contributed by atoms with Gasteiger partial charge in [0.05, 0.1) is 6.54 Å². The molecule has 1 heterocycles. The first kappa shape index (κ1) is 13.5. The number of aliphatic hydroxyl groups excluding tert-OH is 1. The average molecular weight is 252 g/mol. The topological polar surface area (TPSA) is 63.0 Å². The van der Waals surface area contributed by atoms with E-state index in [1.807, 2.05) is 4.68 Å². The molecule has 1 saturated carbocycles. The third-order valence-corrected chi connectivity index (χ3v) is 3.88. The number of hydrogen-bond donors (Lipinski definition) is 2. The zero-order chi connectivity index (χ0) is 13.0. The normalized spacial score (nSPS) is 24.0. The zero-order valence-corrected chi connectivity index (χ0v) is 11.3. The second-order valence-electron chi connectivity index (χ2n) is 5.48. The lowest BCUT2D eigenvalue weighted by atomic mass is 9.97. The Morgan fingerprint density at radius 1 is 1.44 bits per heavy atom. The summed E-state index contributed by atoms with van der Waals surface area (Å²) < 4.78 is 1.95. The van der Waals surface area contributed by atoms with Gasteiger partial charge < -0.3 is 10.4 Å². The molecule has 0 radical (unpaired) electrons. The van der Waals surface area contributed by atoms with Crippen LogP contribution in [-0.4, -0.2) is 33.0 Å². The maximum atomic E-state index is 9.28. The molecule has 2 rings (SSSR count). The van der Waals surface area contributed by atoms with E-state index in [1.165, 1.54) is 19.3 Å². The van der Waals surface area contributed by atoms with Crippen LogP contribution in [0.2, 0.25) is 0 Å². The maximum Gasteiger partial charge on any atom is 0.141 e. The van der Waals surface area contributed by atoms with Crippen LogP contribution in [0.25, 0.3) is 0 Å². The molecule has 1 aromatic rings. The number of aliphatic hydroxyl groups is 1. The summed E-state index contributed by atoms with van der Waals surface area (Å²) in [6.45, 7) is 6.27. The van der Waals surface area contributed by atoms with Crippen LogP contribution >= 0.6 is 0 Å². The SMILES string of the molecule is CC(C)n1ncnc1CNCC1CCCC1CO. The highest BCUT2D eigenvalue weighted by Gasteiger charge is 2.26. The van der Waals surface area contributed by atoms with Crippen molar-refractivity contribution in [2.45, 2.75) is 45.7 Å². The summed E-state index contributed by atoms with van der Waals surface area (Å²) in [6.07, 6.45) is 5.27. The van der Waals surface area contributed by atoms with Crippen molar-refractivity contribution in [1.29, 1.82) is 0 Å². The lowest BCUT2D eigenvalue weighted by Crippen LogP contribution is -2.27. The van der Waals surface area contributed by atoms with E-state index in [4.69, 9.17) is 0 Å². The van der Waals surface area contributed by atoms with Crippen molar-refractivity contribution in [3.05, 3.63) is 12.2 Å². The smallest absolute Gasteiger partial charge is 0.141 e. The Morgan fingerprint density at radius 2 is 2.22 bits per heavy atom. The van der Waals surface area contributed by atoms with Crippen LogP contribution in [0.1, 0.15) is 45.0 Å². The number of nitrogens with one attached hydrogen (secondary N) is 1. The number of hydrogen-bond acceptors (Lipinski definition) is 4. The summed E-state index contributed by atoms with van der Waals surface area (Å²) in [6, 6.07) is 0.348. The maximum absolute atomic E-state index is 9.28. The number of aromatic nitrogens is 3. The van der Waals surface area contributed by atoms with Crippen molar-refractivity contribution in [1.82, 2.24) is 20.1 Å². The summed E-state index contributed by atoms with van der Waals surface area (Å²) in [4.78, 5) is 4.28. The van der Waals surface area contributed by atoms with E-state index in [1.54, 1.807) is 6.33 Å². The molecule has 5 nitrogen and oxygen atoms in total. The third-order valence-electron chi connectivity index (χ3n) is 3.88. The van der Waals surface area contributed by atoms with Crippen molar-refractivity contribution in [3.63, 3.8) is 0 Å². The molecule has 0 bridgehead atoms. The predicted molar refractivity (Wildman–Crippen MR) is 70.0 cm³/mol. The molecule has 102 valence electrons. The highest BCUT2D eigenvalue weighted by atomic mass is 16.3. The Kier molecular flexibility index (Phi) is 4.72. The fourth-order valence-electron chi connectivity index (χ4n) is 2.82. The van der Waals surface area contributed by atoms with Crippen LogP contribution in [0.15, 0.2) is 6.33 Å². The van der Waals surface area contributed by atoms with Gasteiger partial charge in [0.25, 0.3) is 0 Å². The molecule has 0 spiro atoms. The van der Waals surface area contributed by atoms with E-state index >= 15 is 0 Å². The average Bonchev–Trinajstić information content (AvgIpc) is 2.97. The summed E-state index contributed by atoms with van der Waals surface area (Å²) >= 11 is 0. The lowest BCUT2D eigenvalue weighted by Gasteiger charge is -2.18. The van der Waals surface area contributed by atoms with Gasteiger partial charge in [0, 0.05) is 12.6 Å². The fourth-order valence-corrected chi connectivity index (χ4v) is 2.82. The molecule has 0 amide bonds. The highest BCUT2D eigenvalue weighted by Crippen LogP contribution is 2.30. The lowest BCUT2D eigenvalue weighted by molar-refractivity contribution is 0.192. The molecule has 18 heavy (non-hydrogen) atoms. The van der Waals surface area contributed by atoms with Gasteiger partial charge >= 0.3 is 0 Å². The Balaban J connectivity index is 1.79. The van der Waals surface area contributed by atoms with Gasteiger partial charge in [0.1, 0.15) is 12.2 Å². The molecule has 2 N–H and O–H groups in total. The van der Waals surface area contributed by atoms with Gasteiger partial charge in [-0.2, -0.15) is 5.10 Å². The molecule has 1 fully saturated rings. The Hall–Kier alpha value is -0.940. The van der Waals surface area contributed by atoms with E-state index < -0.39 is 0 Å². The van der Waals surface area contributed by atoms with E-state index in [0.29, 0.717) is 24.5 Å². The molecule has 0 aliphatic heterocycles. The second-order valence-corrected chi connectivity index (χ2v) is 5.48. The molecule has 0 saturated heterocycles. The third kappa shape index (κ3) is 3.09. The quantitative estimate of drug-likeness (QED) is 0.802. The van der Waals surface area contributed by atoms with Crippen LogP contribution < -0.4 is 5.32 Å². The first-order valence-electron chi connectivity index (χ1n) is 6.92. The first-order chi connectivity index (χ1) is 8.72. The van der Waals surface area contributed by atoms with Gasteiger partial charge in [-0.3, -0.25) is 0 Å². The fraction of sp³-hybridized carbons (Fsp3) is 0.846. The largest absolute Gasteiger partial charge is 0.396 e. The standard InChI is InChI=1S/C13H24N4O/c1-10(2)17-13(15-9-16-17)7-14-6-11-4-3-5-12(11)8-18/h9-12,14,18H,3-8H2,1-2H3. The minimum Gasteiger partial charge on any atom is -0.396 e. The molecular formula is C13H24N4O. The number of nitrogens with zero attached hydrogens (tertiary/aromatic N) is 3. The van der Waals surface area contributed by atoms with Crippen LogP contribution in [0.3, 0.4) is 0 Å². The summed E-state index contributed by atoms with van der Waals surface area (Å²) in [5, 5.41) is 17.0. The van der Waals surface area contributed by atoms with Gasteiger partial charge in [-0.15, -0.1) is 0 Å². The van der Waals surface area contributed by atoms with E-state index in [9.17, 15) is 5.11 Å². The van der Waals surface area contributed by atoms with Crippen LogP contribution in [0.5, 0.6) is 0 Å². The Morgan fingerprint density at radius 3 is 2.94 bits per heavy atom. The molecule has 1 aliphatic rings. The van der Waals surface area contributed by atoms with Gasteiger partial charge in [0.15, 0.2) is 0 Å². The van der Waals surface area contributed by atoms with Gasteiger partial charge in [-0.05, 0) is 45.1 Å². The number of rotatable bonds is 6. The monoisotopic (exact) mass is 252 g/mol. The zero-order valence-electron chi connectivity index (χ0n) is 11.3.